The highest BCUT2D eigenvalue weighted by atomic mass is 79.9. The Bertz CT molecular complexity index is 883. The van der Waals surface area contributed by atoms with Gasteiger partial charge in [0.15, 0.2) is 0 Å². The predicted octanol–water partition coefficient (Wildman–Crippen LogP) is 3.68. The minimum Gasteiger partial charge on any atom is -0.495 e. The number of sulfonamides is 1. The molecular weight excluding hydrogens is 418 g/mol. The van der Waals surface area contributed by atoms with Crippen LogP contribution in [0.1, 0.15) is 10.4 Å². The van der Waals surface area contributed by atoms with Crippen molar-refractivity contribution in [2.45, 2.75) is 9.79 Å². The van der Waals surface area contributed by atoms with Crippen LogP contribution in [-0.4, -0.2) is 32.9 Å². The molecule has 0 spiro atoms. The first kappa shape index (κ1) is 18.6. The van der Waals surface area contributed by atoms with Crippen molar-refractivity contribution in [1.29, 1.82) is 0 Å². The Balaban J connectivity index is 2.47. The maximum Gasteiger partial charge on any atom is 0.335 e. The Labute approximate surface area is 152 Å². The molecule has 2 rings (SSSR count). The lowest BCUT2D eigenvalue weighted by Gasteiger charge is -2.14. The number of carboxylic acid groups (broad SMARTS) is 1. The number of carbonyl (C=O) groups is 1. The van der Waals surface area contributed by atoms with Crippen LogP contribution in [0.4, 0.5) is 5.69 Å². The van der Waals surface area contributed by atoms with E-state index in [4.69, 9.17) is 9.84 Å². The van der Waals surface area contributed by atoms with Crippen LogP contribution in [-0.2, 0) is 10.0 Å². The van der Waals surface area contributed by atoms with Crippen LogP contribution < -0.4 is 9.46 Å². The summed E-state index contributed by atoms with van der Waals surface area (Å²) in [4.78, 5) is 11.5. The molecule has 0 unspecified atom stereocenters. The van der Waals surface area contributed by atoms with Crippen molar-refractivity contribution in [3.63, 3.8) is 0 Å². The zero-order valence-electron chi connectivity index (χ0n) is 12.7. The Morgan fingerprint density at radius 2 is 1.96 bits per heavy atom. The van der Waals surface area contributed by atoms with Gasteiger partial charge in [-0.3, -0.25) is 4.72 Å². The third kappa shape index (κ3) is 4.03. The number of thioether (sulfide) groups is 1. The van der Waals surface area contributed by atoms with E-state index in [-0.39, 0.29) is 16.2 Å². The van der Waals surface area contributed by atoms with Crippen molar-refractivity contribution in [3.05, 3.63) is 46.4 Å². The highest BCUT2D eigenvalue weighted by Gasteiger charge is 2.21. The fourth-order valence-corrected chi connectivity index (χ4v) is 4.41. The van der Waals surface area contributed by atoms with Crippen molar-refractivity contribution in [3.8, 4) is 5.75 Å². The number of aromatic carboxylic acids is 1. The van der Waals surface area contributed by atoms with E-state index in [0.717, 1.165) is 0 Å². The largest absolute Gasteiger partial charge is 0.495 e. The normalized spacial score (nSPS) is 11.1. The van der Waals surface area contributed by atoms with Crippen molar-refractivity contribution >= 4 is 49.4 Å². The van der Waals surface area contributed by atoms with Crippen LogP contribution in [0.25, 0.3) is 0 Å². The summed E-state index contributed by atoms with van der Waals surface area (Å²) in [6, 6.07) is 8.85. The quantitative estimate of drug-likeness (QED) is 0.677. The summed E-state index contributed by atoms with van der Waals surface area (Å²) in [6.45, 7) is 0. The number of carboxylic acids is 1. The van der Waals surface area contributed by atoms with Gasteiger partial charge in [-0.25, -0.2) is 13.2 Å². The van der Waals surface area contributed by atoms with Crippen LogP contribution in [0.15, 0.2) is 50.7 Å². The molecule has 9 heteroatoms. The molecule has 0 atom stereocenters. The Kier molecular flexibility index (Phi) is 5.79. The number of nitrogens with one attached hydrogen (secondary N) is 1. The molecule has 0 saturated carbocycles. The van der Waals surface area contributed by atoms with Gasteiger partial charge in [-0.2, -0.15) is 0 Å². The Hall–Kier alpha value is -1.71. The zero-order valence-corrected chi connectivity index (χ0v) is 16.0. The van der Waals surface area contributed by atoms with E-state index in [2.05, 4.69) is 20.7 Å². The van der Waals surface area contributed by atoms with Gasteiger partial charge in [-0.15, -0.1) is 11.8 Å². The Morgan fingerprint density at radius 1 is 1.25 bits per heavy atom. The lowest BCUT2D eigenvalue weighted by Crippen LogP contribution is -2.15. The standard InChI is InChI=1S/C15H14BrNO5S2/c1-22-12-6-4-10(16)8-14(12)24(20,21)17-11-5-3-9(15(18)19)7-13(11)23-2/h3-8,17H,1-2H3,(H,18,19). The second kappa shape index (κ2) is 7.45. The van der Waals surface area contributed by atoms with E-state index in [0.29, 0.717) is 15.1 Å². The number of methoxy groups -OCH3 is 1. The van der Waals surface area contributed by atoms with E-state index in [1.165, 1.54) is 43.1 Å². The minimum atomic E-state index is -3.91. The van der Waals surface area contributed by atoms with Gasteiger partial charge < -0.3 is 9.84 Å². The second-order valence-corrected chi connectivity index (χ2v) is 8.04. The van der Waals surface area contributed by atoms with E-state index < -0.39 is 16.0 Å². The molecule has 0 radical (unpaired) electrons. The van der Waals surface area contributed by atoms with Gasteiger partial charge in [0.25, 0.3) is 10.0 Å². The summed E-state index contributed by atoms with van der Waals surface area (Å²) in [5.74, 6) is -0.869. The fourth-order valence-electron chi connectivity index (χ4n) is 1.97. The van der Waals surface area contributed by atoms with Crippen LogP contribution in [0.3, 0.4) is 0 Å². The third-order valence-corrected chi connectivity index (χ3v) is 5.77. The van der Waals surface area contributed by atoms with Crippen LogP contribution in [0, 0.1) is 0 Å². The summed E-state index contributed by atoms with van der Waals surface area (Å²) >= 11 is 4.49. The highest BCUT2D eigenvalue weighted by Crippen LogP contribution is 2.32. The zero-order chi connectivity index (χ0) is 17.9. The van der Waals surface area contributed by atoms with Crippen LogP contribution >= 0.6 is 27.7 Å². The first-order valence-corrected chi connectivity index (χ1v) is 10.1. The smallest absolute Gasteiger partial charge is 0.335 e. The van der Waals surface area contributed by atoms with Crippen molar-refractivity contribution < 1.29 is 23.1 Å². The third-order valence-electron chi connectivity index (χ3n) is 3.11. The average molecular weight is 432 g/mol. The topological polar surface area (TPSA) is 92.7 Å². The number of ether oxygens (including phenoxy) is 1. The second-order valence-electron chi connectivity index (χ2n) is 4.62. The number of benzene rings is 2. The first-order valence-electron chi connectivity index (χ1n) is 6.56. The minimum absolute atomic E-state index is 0.0197. The van der Waals surface area contributed by atoms with E-state index in [1.54, 1.807) is 18.4 Å². The van der Waals surface area contributed by atoms with Gasteiger partial charge in [0.05, 0.1) is 18.4 Å². The van der Waals surface area contributed by atoms with Gasteiger partial charge in [0.1, 0.15) is 10.6 Å². The van der Waals surface area contributed by atoms with E-state index >= 15 is 0 Å². The molecule has 128 valence electrons. The van der Waals surface area contributed by atoms with Crippen LogP contribution in [0.2, 0.25) is 0 Å². The maximum atomic E-state index is 12.7. The molecule has 0 amide bonds. The monoisotopic (exact) mass is 431 g/mol. The molecule has 2 aromatic carbocycles. The van der Waals surface area contributed by atoms with Crippen LogP contribution in [0.5, 0.6) is 5.75 Å². The summed E-state index contributed by atoms with van der Waals surface area (Å²) < 4.78 is 33.5. The Morgan fingerprint density at radius 3 is 2.54 bits per heavy atom. The van der Waals surface area contributed by atoms with Gasteiger partial charge >= 0.3 is 5.97 Å². The highest BCUT2D eigenvalue weighted by molar-refractivity contribution is 9.10. The van der Waals surface area contributed by atoms with Gasteiger partial charge in [-0.1, -0.05) is 15.9 Å². The summed E-state index contributed by atoms with van der Waals surface area (Å²) in [5, 5.41) is 9.04. The molecule has 0 aliphatic carbocycles. The molecule has 2 N–H and O–H groups in total. The molecule has 6 nitrogen and oxygen atoms in total. The summed E-state index contributed by atoms with van der Waals surface area (Å²) in [5.41, 5.74) is 0.386. The number of halogens is 1. The molecule has 2 aromatic rings. The molecule has 0 saturated heterocycles. The molecule has 0 bridgehead atoms. The average Bonchev–Trinajstić information content (AvgIpc) is 2.54. The molecule has 0 aliphatic rings. The lowest BCUT2D eigenvalue weighted by atomic mass is 10.2. The summed E-state index contributed by atoms with van der Waals surface area (Å²) in [6.07, 6.45) is 1.73. The van der Waals surface area contributed by atoms with E-state index in [9.17, 15) is 13.2 Å². The molecule has 0 heterocycles. The molecule has 0 aromatic heterocycles. The number of hydrogen-bond acceptors (Lipinski definition) is 5. The molecule has 0 fully saturated rings. The number of anilines is 1. The first-order chi connectivity index (χ1) is 11.3. The van der Waals surface area contributed by atoms with Crippen molar-refractivity contribution in [2.24, 2.45) is 0 Å². The van der Waals surface area contributed by atoms with Crippen molar-refractivity contribution in [1.82, 2.24) is 0 Å². The molecule has 24 heavy (non-hydrogen) atoms. The van der Waals surface area contributed by atoms with Crippen molar-refractivity contribution in [2.75, 3.05) is 18.1 Å². The van der Waals surface area contributed by atoms with Gasteiger partial charge in [0, 0.05) is 9.37 Å². The lowest BCUT2D eigenvalue weighted by molar-refractivity contribution is 0.0696. The number of rotatable bonds is 6. The predicted molar refractivity (Wildman–Crippen MR) is 96.7 cm³/mol. The molecule has 0 aliphatic heterocycles. The van der Waals surface area contributed by atoms with Gasteiger partial charge in [0.2, 0.25) is 0 Å². The van der Waals surface area contributed by atoms with E-state index in [1.807, 2.05) is 0 Å². The molecular formula is C15H14BrNO5S2. The van der Waals surface area contributed by atoms with Gasteiger partial charge in [-0.05, 0) is 42.7 Å². The fraction of sp³-hybridized carbons (Fsp3) is 0.133. The number of hydrogen-bond donors (Lipinski definition) is 2. The maximum absolute atomic E-state index is 12.7. The SMILES string of the molecule is COc1ccc(Br)cc1S(=O)(=O)Nc1ccc(C(=O)O)cc1SC. The summed E-state index contributed by atoms with van der Waals surface area (Å²) in [7, 11) is -2.52.